The average Bonchev–Trinajstić information content (AvgIpc) is 1.63. The molecule has 0 saturated heterocycles. The summed E-state index contributed by atoms with van der Waals surface area (Å²) in [6.45, 7) is 2.59. The topological polar surface area (TPSA) is 43.4 Å². The van der Waals surface area contributed by atoms with Crippen LogP contribution in [0, 0.1) is 0 Å². The Morgan fingerprint density at radius 3 is 2.30 bits per heavy atom. The Bertz CT molecular complexity index is 154. The van der Waals surface area contributed by atoms with Crippen molar-refractivity contribution < 1.29 is 13.2 Å². The van der Waals surface area contributed by atoms with Gasteiger partial charge in [0.1, 0.15) is 0 Å². The van der Waals surface area contributed by atoms with Crippen molar-refractivity contribution in [3.63, 3.8) is 0 Å². The fourth-order valence-electron chi connectivity index (χ4n) is 0.309. The summed E-state index contributed by atoms with van der Waals surface area (Å²) in [6, 6.07) is 0. The van der Waals surface area contributed by atoms with E-state index < -0.39 is 8.87 Å². The number of ether oxygens (including phenoxy) is 1. The molecule has 0 bridgehead atoms. The first-order valence-corrected chi connectivity index (χ1v) is 5.29. The van der Waals surface area contributed by atoms with E-state index in [2.05, 4.69) is 11.7 Å². The van der Waals surface area contributed by atoms with Crippen molar-refractivity contribution in [2.45, 2.75) is 6.92 Å². The van der Waals surface area contributed by atoms with Gasteiger partial charge in [0.15, 0.2) is 0 Å². The van der Waals surface area contributed by atoms with Crippen molar-refractivity contribution in [3.05, 3.63) is 0 Å². The Kier molecular flexibility index (Phi) is 10.9. The molecule has 10 heavy (non-hydrogen) atoms. The predicted octanol–water partition coefficient (Wildman–Crippen LogP) is -0.366. The number of hydrogen-bond donors (Lipinski definition) is 1. The van der Waals surface area contributed by atoms with E-state index in [9.17, 15) is 8.42 Å². The second kappa shape index (κ2) is 7.54. The van der Waals surface area contributed by atoms with E-state index in [0.29, 0.717) is 6.61 Å². The summed E-state index contributed by atoms with van der Waals surface area (Å²) in [5.74, 6) is -0.00997. The molecule has 0 N–H and O–H groups in total. The number of thiol groups is 1. The molecule has 0 aromatic rings. The van der Waals surface area contributed by atoms with Crippen LogP contribution in [0.1, 0.15) is 6.92 Å². The summed E-state index contributed by atoms with van der Waals surface area (Å²) in [4.78, 5) is 0. The molecule has 0 aromatic heterocycles. The Labute approximate surface area is 109 Å². The predicted molar refractivity (Wildman–Crippen MR) is 46.4 cm³/mol. The van der Waals surface area contributed by atoms with Crippen LogP contribution in [-0.2, 0) is 13.6 Å². The monoisotopic (exact) mass is 210 g/mol. The van der Waals surface area contributed by atoms with Gasteiger partial charge in [0, 0.05) is 6.61 Å². The second-order valence-corrected chi connectivity index (χ2v) is 4.72. The van der Waals surface area contributed by atoms with E-state index in [0.717, 1.165) is 0 Å². The molecule has 58 valence electrons. The van der Waals surface area contributed by atoms with Crippen LogP contribution in [0.15, 0.2) is 0 Å². The number of hydrogen-bond acceptors (Lipinski definition) is 3. The second-order valence-electron chi connectivity index (χ2n) is 1.48. The van der Waals surface area contributed by atoms with Crippen molar-refractivity contribution in [2.24, 2.45) is 0 Å². The summed E-state index contributed by atoms with van der Waals surface area (Å²) in [5, 5.41) is 0. The van der Waals surface area contributed by atoms with Gasteiger partial charge in [-0.15, -0.1) is 0 Å². The molecule has 3 nitrogen and oxygen atoms in total. The summed E-state index contributed by atoms with van der Waals surface area (Å²) in [7, 11) is -3.13. The van der Waals surface area contributed by atoms with Crippen LogP contribution in [0.25, 0.3) is 0 Å². The molecular formula is C4H11KO3S2. The van der Waals surface area contributed by atoms with Gasteiger partial charge in [-0.25, -0.2) is 8.42 Å². The van der Waals surface area contributed by atoms with Gasteiger partial charge in [-0.3, -0.25) is 0 Å². The molecule has 0 radical (unpaired) electrons. The van der Waals surface area contributed by atoms with Gasteiger partial charge >= 0.3 is 51.4 Å². The third-order valence-corrected chi connectivity index (χ3v) is 1.92. The molecule has 0 aromatic carbocycles. The quantitative estimate of drug-likeness (QED) is 0.298. The molecule has 0 spiro atoms. The maximum atomic E-state index is 10.3. The fourth-order valence-corrected chi connectivity index (χ4v) is 0.861. The summed E-state index contributed by atoms with van der Waals surface area (Å²) in [6.07, 6.45) is 0. The molecule has 0 amide bonds. The SMILES string of the molecule is CCOCCS(=O)(=O)S.[KH]. The maximum absolute atomic E-state index is 10.3. The van der Waals surface area contributed by atoms with Crippen molar-refractivity contribution in [1.29, 1.82) is 0 Å². The van der Waals surface area contributed by atoms with Gasteiger partial charge in [0.05, 0.1) is 12.4 Å². The molecule has 0 fully saturated rings. The Morgan fingerprint density at radius 2 is 2.00 bits per heavy atom. The van der Waals surface area contributed by atoms with Crippen LogP contribution in [-0.4, -0.2) is 78.8 Å². The number of rotatable bonds is 4. The summed E-state index contributed by atoms with van der Waals surface area (Å²) >= 11 is 3.32. The molecule has 0 rings (SSSR count). The van der Waals surface area contributed by atoms with Crippen LogP contribution in [0.5, 0.6) is 0 Å². The fraction of sp³-hybridized carbons (Fsp3) is 1.00. The molecule has 0 aliphatic heterocycles. The molecular weight excluding hydrogens is 199 g/mol. The van der Waals surface area contributed by atoms with Crippen LogP contribution >= 0.6 is 11.7 Å². The van der Waals surface area contributed by atoms with E-state index in [1.54, 1.807) is 0 Å². The first kappa shape index (κ1) is 14.4. The van der Waals surface area contributed by atoms with Crippen LogP contribution in [0.2, 0.25) is 0 Å². The zero-order chi connectivity index (χ0) is 7.33. The van der Waals surface area contributed by atoms with Crippen molar-refractivity contribution in [2.75, 3.05) is 19.0 Å². The van der Waals surface area contributed by atoms with Gasteiger partial charge in [0.2, 0.25) is 8.87 Å². The normalized spacial score (nSPS) is 10.6. The Hall–Kier alpha value is 1.90. The zero-order valence-electron chi connectivity index (χ0n) is 5.20. The van der Waals surface area contributed by atoms with Crippen molar-refractivity contribution in [3.8, 4) is 0 Å². The third-order valence-electron chi connectivity index (χ3n) is 0.690. The Morgan fingerprint density at radius 1 is 1.50 bits per heavy atom. The average molecular weight is 210 g/mol. The van der Waals surface area contributed by atoms with Crippen LogP contribution in [0.3, 0.4) is 0 Å². The summed E-state index contributed by atoms with van der Waals surface area (Å²) in [5.41, 5.74) is 0. The van der Waals surface area contributed by atoms with Gasteiger partial charge in [-0.1, -0.05) is 0 Å². The molecule has 0 atom stereocenters. The molecule has 0 saturated carbocycles. The van der Waals surface area contributed by atoms with Gasteiger partial charge in [0.25, 0.3) is 0 Å². The van der Waals surface area contributed by atoms with Gasteiger partial charge in [-0.05, 0) is 18.6 Å². The van der Waals surface area contributed by atoms with Crippen molar-refractivity contribution >= 4 is 71.9 Å². The molecule has 0 aliphatic rings. The molecule has 0 unspecified atom stereocenters. The van der Waals surface area contributed by atoms with Gasteiger partial charge < -0.3 is 4.74 Å². The zero-order valence-corrected chi connectivity index (χ0v) is 6.91. The minimum absolute atomic E-state index is 0. The minimum atomic E-state index is -3.13. The Balaban J connectivity index is 0. The van der Waals surface area contributed by atoms with E-state index in [1.807, 2.05) is 6.92 Å². The molecule has 0 aliphatic carbocycles. The van der Waals surface area contributed by atoms with Crippen LogP contribution in [0.4, 0.5) is 0 Å². The van der Waals surface area contributed by atoms with E-state index >= 15 is 0 Å². The van der Waals surface area contributed by atoms with E-state index in [4.69, 9.17) is 4.74 Å². The molecule has 0 heterocycles. The first-order chi connectivity index (χ1) is 4.06. The molecule has 6 heteroatoms. The standard InChI is InChI=1S/C4H10O3S2.K.H/c1-2-7-3-4-9(5,6)8;;/h2-4H2,1H3,(H,5,6,8);;. The van der Waals surface area contributed by atoms with E-state index in [1.165, 1.54) is 0 Å². The van der Waals surface area contributed by atoms with Gasteiger partial charge in [-0.2, -0.15) is 0 Å². The third kappa shape index (κ3) is 12.6. The first-order valence-electron chi connectivity index (χ1n) is 2.59. The van der Waals surface area contributed by atoms with E-state index in [-0.39, 0.29) is 63.7 Å². The van der Waals surface area contributed by atoms with Crippen molar-refractivity contribution in [1.82, 2.24) is 0 Å². The summed E-state index contributed by atoms with van der Waals surface area (Å²) < 4.78 is 25.4. The van der Waals surface area contributed by atoms with Crippen LogP contribution < -0.4 is 0 Å².